The highest BCUT2D eigenvalue weighted by molar-refractivity contribution is 5.73. The van der Waals surface area contributed by atoms with Gasteiger partial charge < -0.3 is 19.0 Å². The minimum Gasteiger partial charge on any atom is -0.484 e. The third-order valence-electron chi connectivity index (χ3n) is 5.66. The van der Waals surface area contributed by atoms with Gasteiger partial charge in [-0.2, -0.15) is 0 Å². The van der Waals surface area contributed by atoms with Crippen LogP contribution in [0.3, 0.4) is 0 Å². The normalized spacial score (nSPS) is 17.8. The molecule has 2 unspecified atom stereocenters. The lowest BCUT2D eigenvalue weighted by atomic mass is 10.1. The summed E-state index contributed by atoms with van der Waals surface area (Å²) >= 11 is 0. The molecule has 2 aromatic carbocycles. The fourth-order valence-electron chi connectivity index (χ4n) is 3.83. The molecule has 7 heteroatoms. The molecule has 168 valence electrons. The number of carboxylic acids is 1. The molecule has 0 bridgehead atoms. The number of aryl methyl sites for hydroxylation is 2. The molecule has 0 spiro atoms. The van der Waals surface area contributed by atoms with Gasteiger partial charge in [0.05, 0.1) is 13.2 Å². The third kappa shape index (κ3) is 5.00. The van der Waals surface area contributed by atoms with Crippen molar-refractivity contribution < 1.29 is 23.8 Å². The molecule has 32 heavy (non-hydrogen) atoms. The second kappa shape index (κ2) is 9.54. The molecule has 1 saturated heterocycles. The molecule has 2 atom stereocenters. The van der Waals surface area contributed by atoms with Crippen LogP contribution in [0.2, 0.25) is 0 Å². The second-order valence-electron chi connectivity index (χ2n) is 8.13. The number of aliphatic carboxylic acids is 1. The van der Waals surface area contributed by atoms with Crippen LogP contribution in [0.25, 0.3) is 11.5 Å². The van der Waals surface area contributed by atoms with Gasteiger partial charge in [-0.25, -0.2) is 4.98 Å². The number of ether oxygens (including phenoxy) is 2. The van der Waals surface area contributed by atoms with Crippen LogP contribution in [0.4, 0.5) is 0 Å². The predicted molar refractivity (Wildman–Crippen MR) is 120 cm³/mol. The number of rotatable bonds is 7. The number of nitrogens with zero attached hydrogens (tertiary/aromatic N) is 2. The smallest absolute Gasteiger partial charge is 0.323 e. The fraction of sp³-hybridized carbons (Fsp3) is 0.360. The molecule has 7 nitrogen and oxygen atoms in total. The summed E-state index contributed by atoms with van der Waals surface area (Å²) in [6.07, 6.45) is -0.278. The number of carbonyl (C=O) groups is 1. The molecule has 0 amide bonds. The maximum atomic E-state index is 11.4. The highest BCUT2D eigenvalue weighted by Gasteiger charge is 2.29. The van der Waals surface area contributed by atoms with Crippen molar-refractivity contribution in [1.29, 1.82) is 0 Å². The van der Waals surface area contributed by atoms with Crippen molar-refractivity contribution in [3.8, 4) is 17.2 Å². The Kier molecular flexibility index (Phi) is 6.58. The van der Waals surface area contributed by atoms with Crippen LogP contribution in [-0.2, 0) is 16.1 Å². The minimum absolute atomic E-state index is 0.218. The number of hydrogen-bond acceptors (Lipinski definition) is 6. The molecule has 4 rings (SSSR count). The van der Waals surface area contributed by atoms with Crippen LogP contribution >= 0.6 is 0 Å². The minimum atomic E-state index is -0.855. The Morgan fingerprint density at radius 1 is 1.19 bits per heavy atom. The first-order valence-corrected chi connectivity index (χ1v) is 10.8. The Hall–Kier alpha value is -3.16. The molecule has 3 aromatic rings. The quantitative estimate of drug-likeness (QED) is 0.588. The van der Waals surface area contributed by atoms with Gasteiger partial charge >= 0.3 is 5.97 Å². The topological polar surface area (TPSA) is 85.0 Å². The van der Waals surface area contributed by atoms with E-state index in [0.717, 1.165) is 28.3 Å². The third-order valence-corrected chi connectivity index (χ3v) is 5.66. The largest absolute Gasteiger partial charge is 0.484 e. The van der Waals surface area contributed by atoms with E-state index < -0.39 is 12.0 Å². The first-order valence-electron chi connectivity index (χ1n) is 10.8. The number of aromatic nitrogens is 1. The molecular formula is C25H28N2O5. The Labute approximate surface area is 187 Å². The van der Waals surface area contributed by atoms with Gasteiger partial charge in [0.25, 0.3) is 0 Å². The van der Waals surface area contributed by atoms with Gasteiger partial charge in [0.2, 0.25) is 5.89 Å². The van der Waals surface area contributed by atoms with Crippen LogP contribution in [0, 0.1) is 13.8 Å². The van der Waals surface area contributed by atoms with E-state index in [2.05, 4.69) is 4.98 Å². The zero-order valence-electron chi connectivity index (χ0n) is 18.6. The van der Waals surface area contributed by atoms with Crippen LogP contribution in [-0.4, -0.2) is 46.8 Å². The van der Waals surface area contributed by atoms with E-state index in [9.17, 15) is 9.90 Å². The van der Waals surface area contributed by atoms with Gasteiger partial charge in [-0.05, 0) is 50.6 Å². The standard InChI is InChI=1S/C25H28N2O5/c1-16-4-8-20(9-5-16)24-26-23(18(3)32-24)17(2)31-21-10-6-19(7-11-21)14-27-12-13-30-15-22(27)25(28)29/h4-11,17,22H,12-15H2,1-3H3,(H,28,29). The number of hydrogen-bond donors (Lipinski definition) is 1. The van der Waals surface area contributed by atoms with Crippen LogP contribution in [0.15, 0.2) is 52.9 Å². The summed E-state index contributed by atoms with van der Waals surface area (Å²) in [6, 6.07) is 15.2. The van der Waals surface area contributed by atoms with E-state index in [4.69, 9.17) is 13.9 Å². The monoisotopic (exact) mass is 436 g/mol. The van der Waals surface area contributed by atoms with Crippen molar-refractivity contribution in [3.05, 3.63) is 71.1 Å². The SMILES string of the molecule is Cc1ccc(-c2nc(C(C)Oc3ccc(CN4CCOCC4C(=O)O)cc3)c(C)o2)cc1. The van der Waals surface area contributed by atoms with Crippen LogP contribution in [0.5, 0.6) is 5.75 Å². The lowest BCUT2D eigenvalue weighted by Crippen LogP contribution is -2.49. The molecule has 0 aliphatic carbocycles. The molecule has 0 saturated carbocycles. The molecular weight excluding hydrogens is 408 g/mol. The van der Waals surface area contributed by atoms with Crippen molar-refractivity contribution in [2.45, 2.75) is 39.5 Å². The fourth-order valence-corrected chi connectivity index (χ4v) is 3.83. The van der Waals surface area contributed by atoms with Gasteiger partial charge in [-0.1, -0.05) is 29.8 Å². The Bertz CT molecular complexity index is 1060. The Balaban J connectivity index is 1.41. The maximum Gasteiger partial charge on any atom is 0.323 e. The van der Waals surface area contributed by atoms with E-state index in [1.807, 2.05) is 74.2 Å². The summed E-state index contributed by atoms with van der Waals surface area (Å²) in [5.41, 5.74) is 3.91. The average molecular weight is 437 g/mol. The predicted octanol–water partition coefficient (Wildman–Crippen LogP) is 4.38. The highest BCUT2D eigenvalue weighted by Crippen LogP contribution is 2.28. The van der Waals surface area contributed by atoms with E-state index in [-0.39, 0.29) is 12.7 Å². The van der Waals surface area contributed by atoms with Gasteiger partial charge in [-0.15, -0.1) is 0 Å². The van der Waals surface area contributed by atoms with Gasteiger partial charge in [-0.3, -0.25) is 9.69 Å². The zero-order chi connectivity index (χ0) is 22.7. The first kappa shape index (κ1) is 22.0. The average Bonchev–Trinajstić information content (AvgIpc) is 3.17. The first-order chi connectivity index (χ1) is 15.4. The molecule has 1 aliphatic heterocycles. The molecule has 1 N–H and O–H groups in total. The van der Waals surface area contributed by atoms with Crippen molar-refractivity contribution in [3.63, 3.8) is 0 Å². The highest BCUT2D eigenvalue weighted by atomic mass is 16.5. The van der Waals surface area contributed by atoms with Crippen molar-refractivity contribution in [2.75, 3.05) is 19.8 Å². The summed E-state index contributed by atoms with van der Waals surface area (Å²) in [7, 11) is 0. The summed E-state index contributed by atoms with van der Waals surface area (Å²) in [4.78, 5) is 18.0. The molecule has 1 aliphatic rings. The second-order valence-corrected chi connectivity index (χ2v) is 8.13. The van der Waals surface area contributed by atoms with E-state index in [1.165, 1.54) is 5.56 Å². The van der Waals surface area contributed by atoms with Crippen molar-refractivity contribution in [1.82, 2.24) is 9.88 Å². The van der Waals surface area contributed by atoms with Gasteiger partial charge in [0.1, 0.15) is 29.3 Å². The number of morpholine rings is 1. The Morgan fingerprint density at radius 3 is 2.59 bits per heavy atom. The number of oxazole rings is 1. The lowest BCUT2D eigenvalue weighted by Gasteiger charge is -2.32. The molecule has 0 radical (unpaired) electrons. The van der Waals surface area contributed by atoms with Gasteiger partial charge in [0.15, 0.2) is 0 Å². The molecule has 1 fully saturated rings. The summed E-state index contributed by atoms with van der Waals surface area (Å²) in [6.45, 7) is 7.80. The van der Waals surface area contributed by atoms with E-state index >= 15 is 0 Å². The summed E-state index contributed by atoms with van der Waals surface area (Å²) in [5.74, 6) is 1.18. The molecule has 2 heterocycles. The van der Waals surface area contributed by atoms with Gasteiger partial charge in [0, 0.05) is 18.7 Å². The van der Waals surface area contributed by atoms with E-state index in [1.54, 1.807) is 0 Å². The Morgan fingerprint density at radius 2 is 1.91 bits per heavy atom. The van der Waals surface area contributed by atoms with Crippen molar-refractivity contribution >= 4 is 5.97 Å². The zero-order valence-corrected chi connectivity index (χ0v) is 18.6. The molecule has 1 aromatic heterocycles. The number of benzene rings is 2. The summed E-state index contributed by atoms with van der Waals surface area (Å²) in [5, 5.41) is 9.39. The number of carboxylic acid groups (broad SMARTS) is 1. The van der Waals surface area contributed by atoms with E-state index in [0.29, 0.717) is 25.6 Å². The van der Waals surface area contributed by atoms with Crippen molar-refractivity contribution in [2.24, 2.45) is 0 Å². The maximum absolute atomic E-state index is 11.4. The summed E-state index contributed by atoms with van der Waals surface area (Å²) < 4.78 is 17.3. The lowest BCUT2D eigenvalue weighted by molar-refractivity contribution is -0.150. The van der Waals surface area contributed by atoms with Crippen LogP contribution < -0.4 is 4.74 Å². The van der Waals surface area contributed by atoms with Crippen LogP contribution in [0.1, 0.15) is 35.6 Å².